The number of urea groups is 1. The van der Waals surface area contributed by atoms with E-state index in [1.165, 1.54) is 12.1 Å². The highest BCUT2D eigenvalue weighted by molar-refractivity contribution is 5.74. The predicted molar refractivity (Wildman–Crippen MR) is 87.7 cm³/mol. The van der Waals surface area contributed by atoms with E-state index in [-0.39, 0.29) is 18.0 Å². The molecule has 0 radical (unpaired) electrons. The van der Waals surface area contributed by atoms with Crippen LogP contribution in [0.25, 0.3) is 0 Å². The zero-order valence-electron chi connectivity index (χ0n) is 13.9. The Labute approximate surface area is 137 Å². The molecule has 5 nitrogen and oxygen atoms in total. The lowest BCUT2D eigenvalue weighted by Gasteiger charge is -2.32. The number of halogens is 1. The van der Waals surface area contributed by atoms with E-state index in [1.54, 1.807) is 19.2 Å². The van der Waals surface area contributed by atoms with Crippen LogP contribution in [0.5, 0.6) is 0 Å². The van der Waals surface area contributed by atoms with Gasteiger partial charge in [-0.3, -0.25) is 0 Å². The fourth-order valence-electron chi connectivity index (χ4n) is 2.76. The number of piperidine rings is 1. The molecule has 1 heterocycles. The molecule has 1 aromatic rings. The van der Waals surface area contributed by atoms with Gasteiger partial charge >= 0.3 is 6.03 Å². The number of hydrogen-bond donors (Lipinski definition) is 1. The van der Waals surface area contributed by atoms with Crippen molar-refractivity contribution in [1.29, 1.82) is 0 Å². The van der Waals surface area contributed by atoms with E-state index in [9.17, 15) is 9.18 Å². The van der Waals surface area contributed by atoms with Crippen molar-refractivity contribution in [1.82, 2.24) is 15.1 Å². The molecule has 0 saturated carbocycles. The SMILES string of the molecule is CO[C@@H]1CCCN(C(=O)NCCN(C)Cc2ccc(F)cc2)C1. The fraction of sp³-hybridized carbons (Fsp3) is 0.588. The first kappa shape index (κ1) is 17.7. The molecule has 0 unspecified atom stereocenters. The van der Waals surface area contributed by atoms with Gasteiger partial charge in [-0.25, -0.2) is 9.18 Å². The Morgan fingerprint density at radius 2 is 2.17 bits per heavy atom. The monoisotopic (exact) mass is 323 g/mol. The highest BCUT2D eigenvalue weighted by atomic mass is 19.1. The molecule has 128 valence electrons. The molecule has 0 aromatic heterocycles. The number of carbonyl (C=O) groups excluding carboxylic acids is 1. The normalized spacial score (nSPS) is 18.3. The first-order valence-corrected chi connectivity index (χ1v) is 8.07. The number of nitrogens with one attached hydrogen (secondary N) is 1. The first-order chi connectivity index (χ1) is 11.1. The predicted octanol–water partition coefficient (Wildman–Crippen LogP) is 2.08. The molecule has 1 saturated heterocycles. The Hall–Kier alpha value is -1.66. The number of likely N-dealkylation sites (tertiary alicyclic amines) is 1. The molecule has 0 aliphatic carbocycles. The quantitative estimate of drug-likeness (QED) is 0.872. The standard InChI is InChI=1S/C17H26FN3O2/c1-20(12-14-5-7-15(18)8-6-14)11-9-19-17(22)21-10-3-4-16(13-21)23-2/h5-8,16H,3-4,9-13H2,1-2H3,(H,19,22)/t16-/m1/s1. The number of hydrogen-bond acceptors (Lipinski definition) is 3. The smallest absolute Gasteiger partial charge is 0.317 e. The van der Waals surface area contributed by atoms with Crippen LogP contribution in [0.2, 0.25) is 0 Å². The summed E-state index contributed by atoms with van der Waals surface area (Å²) in [5.41, 5.74) is 1.05. The Balaban J connectivity index is 1.67. The molecule has 6 heteroatoms. The molecule has 1 aliphatic heterocycles. The number of amides is 2. The van der Waals surface area contributed by atoms with E-state index in [2.05, 4.69) is 10.2 Å². The maximum Gasteiger partial charge on any atom is 0.317 e. The van der Waals surface area contributed by atoms with Crippen molar-refractivity contribution >= 4 is 6.03 Å². The van der Waals surface area contributed by atoms with Gasteiger partial charge in [0.25, 0.3) is 0 Å². The Morgan fingerprint density at radius 3 is 2.87 bits per heavy atom. The Kier molecular flexibility index (Phi) is 6.80. The van der Waals surface area contributed by atoms with E-state index in [4.69, 9.17) is 4.74 Å². The van der Waals surface area contributed by atoms with Gasteiger partial charge in [0.15, 0.2) is 0 Å². The van der Waals surface area contributed by atoms with E-state index >= 15 is 0 Å². The second kappa shape index (κ2) is 8.84. The average Bonchev–Trinajstić information content (AvgIpc) is 2.57. The topological polar surface area (TPSA) is 44.8 Å². The summed E-state index contributed by atoms with van der Waals surface area (Å²) in [4.78, 5) is 16.1. The Bertz CT molecular complexity index is 495. The first-order valence-electron chi connectivity index (χ1n) is 8.07. The maximum atomic E-state index is 12.9. The third-order valence-corrected chi connectivity index (χ3v) is 4.13. The minimum Gasteiger partial charge on any atom is -0.380 e. The Morgan fingerprint density at radius 1 is 1.43 bits per heavy atom. The van der Waals surface area contributed by atoms with E-state index < -0.39 is 0 Å². The summed E-state index contributed by atoms with van der Waals surface area (Å²) in [6.45, 7) is 3.51. The van der Waals surface area contributed by atoms with Crippen molar-refractivity contribution in [2.45, 2.75) is 25.5 Å². The number of ether oxygens (including phenoxy) is 1. The van der Waals surface area contributed by atoms with Gasteiger partial charge in [0.1, 0.15) is 5.82 Å². The number of carbonyl (C=O) groups is 1. The molecule has 1 aromatic carbocycles. The number of methoxy groups -OCH3 is 1. The van der Waals surface area contributed by atoms with E-state index in [0.717, 1.165) is 38.0 Å². The molecule has 1 atom stereocenters. The lowest BCUT2D eigenvalue weighted by Crippen LogP contribution is -2.48. The van der Waals surface area contributed by atoms with Gasteiger partial charge in [-0.2, -0.15) is 0 Å². The molecule has 1 aliphatic rings. The highest BCUT2D eigenvalue weighted by Crippen LogP contribution is 2.12. The van der Waals surface area contributed by atoms with Gasteiger partial charge in [-0.05, 0) is 37.6 Å². The second-order valence-electron chi connectivity index (χ2n) is 6.04. The van der Waals surface area contributed by atoms with Crippen molar-refractivity contribution < 1.29 is 13.9 Å². The van der Waals surface area contributed by atoms with Crippen molar-refractivity contribution in [3.63, 3.8) is 0 Å². The van der Waals surface area contributed by atoms with Gasteiger partial charge in [0.05, 0.1) is 6.10 Å². The molecule has 0 bridgehead atoms. The van der Waals surface area contributed by atoms with Crippen LogP contribution in [-0.4, -0.2) is 62.3 Å². The van der Waals surface area contributed by atoms with Crippen LogP contribution in [0, 0.1) is 5.82 Å². The zero-order valence-corrected chi connectivity index (χ0v) is 13.9. The lowest BCUT2D eigenvalue weighted by molar-refractivity contribution is 0.0434. The summed E-state index contributed by atoms with van der Waals surface area (Å²) >= 11 is 0. The number of benzene rings is 1. The summed E-state index contributed by atoms with van der Waals surface area (Å²) < 4.78 is 18.2. The van der Waals surface area contributed by atoms with E-state index in [0.29, 0.717) is 13.1 Å². The highest BCUT2D eigenvalue weighted by Gasteiger charge is 2.22. The number of nitrogens with zero attached hydrogens (tertiary/aromatic N) is 2. The average molecular weight is 323 g/mol. The fourth-order valence-corrected chi connectivity index (χ4v) is 2.76. The van der Waals surface area contributed by atoms with Crippen LogP contribution in [0.3, 0.4) is 0 Å². The number of likely N-dealkylation sites (N-methyl/N-ethyl adjacent to an activating group) is 1. The zero-order chi connectivity index (χ0) is 16.7. The van der Waals surface area contributed by atoms with Crippen molar-refractivity contribution in [3.8, 4) is 0 Å². The molecule has 1 fully saturated rings. The van der Waals surface area contributed by atoms with Crippen LogP contribution < -0.4 is 5.32 Å². The minimum absolute atomic E-state index is 0.0260. The molecule has 1 N–H and O–H groups in total. The largest absolute Gasteiger partial charge is 0.380 e. The molecular weight excluding hydrogens is 297 g/mol. The molecule has 0 spiro atoms. The van der Waals surface area contributed by atoms with Gasteiger partial charge in [0, 0.05) is 39.8 Å². The van der Waals surface area contributed by atoms with Crippen molar-refractivity contribution in [2.75, 3.05) is 40.3 Å². The summed E-state index contributed by atoms with van der Waals surface area (Å²) in [5.74, 6) is -0.223. The molecule has 2 amide bonds. The summed E-state index contributed by atoms with van der Waals surface area (Å²) in [5, 5.41) is 2.95. The molecular formula is C17H26FN3O2. The summed E-state index contributed by atoms with van der Waals surface area (Å²) in [6.07, 6.45) is 2.15. The minimum atomic E-state index is -0.223. The van der Waals surface area contributed by atoms with E-state index in [1.807, 2.05) is 11.9 Å². The van der Waals surface area contributed by atoms with Crippen LogP contribution in [0.15, 0.2) is 24.3 Å². The van der Waals surface area contributed by atoms with Crippen LogP contribution >= 0.6 is 0 Å². The third kappa shape index (κ3) is 5.80. The van der Waals surface area contributed by atoms with Gasteiger partial charge in [0.2, 0.25) is 0 Å². The van der Waals surface area contributed by atoms with Gasteiger partial charge in [-0.15, -0.1) is 0 Å². The molecule has 2 rings (SSSR count). The second-order valence-corrected chi connectivity index (χ2v) is 6.04. The van der Waals surface area contributed by atoms with Crippen LogP contribution in [-0.2, 0) is 11.3 Å². The van der Waals surface area contributed by atoms with Crippen LogP contribution in [0.1, 0.15) is 18.4 Å². The van der Waals surface area contributed by atoms with Crippen LogP contribution in [0.4, 0.5) is 9.18 Å². The summed E-state index contributed by atoms with van der Waals surface area (Å²) in [6, 6.07) is 6.47. The summed E-state index contributed by atoms with van der Waals surface area (Å²) in [7, 11) is 3.67. The lowest BCUT2D eigenvalue weighted by atomic mass is 10.1. The van der Waals surface area contributed by atoms with Crippen molar-refractivity contribution in [3.05, 3.63) is 35.6 Å². The third-order valence-electron chi connectivity index (χ3n) is 4.13. The molecule has 23 heavy (non-hydrogen) atoms. The van der Waals surface area contributed by atoms with Gasteiger partial charge in [-0.1, -0.05) is 12.1 Å². The maximum absolute atomic E-state index is 12.9. The van der Waals surface area contributed by atoms with Gasteiger partial charge < -0.3 is 19.9 Å². The van der Waals surface area contributed by atoms with Crippen molar-refractivity contribution in [2.24, 2.45) is 0 Å². The number of rotatable bonds is 6.